The van der Waals surface area contributed by atoms with E-state index in [4.69, 9.17) is 4.99 Å². The lowest BCUT2D eigenvalue weighted by Crippen LogP contribution is -2.51. The molecule has 1 aromatic rings. The van der Waals surface area contributed by atoms with Crippen LogP contribution >= 0.6 is 11.9 Å². The van der Waals surface area contributed by atoms with Crippen LogP contribution in [0.1, 0.15) is 39.2 Å². The van der Waals surface area contributed by atoms with E-state index in [0.717, 1.165) is 32.1 Å². The van der Waals surface area contributed by atoms with Crippen LogP contribution in [-0.2, 0) is 5.41 Å². The monoisotopic (exact) mass is 372 g/mol. The first-order valence-electron chi connectivity index (χ1n) is 10.1. The molecule has 4 nitrogen and oxygen atoms in total. The Balaban J connectivity index is 1.33. The first-order chi connectivity index (χ1) is 12.5. The number of aliphatic imine (C=N–C) groups is 1. The van der Waals surface area contributed by atoms with Gasteiger partial charge in [0.25, 0.3) is 0 Å². The van der Waals surface area contributed by atoms with Crippen LogP contribution in [0.4, 0.5) is 0 Å². The van der Waals surface area contributed by atoms with Gasteiger partial charge < -0.3 is 4.90 Å². The fraction of sp³-hybridized carbons (Fsp3) is 0.667. The molecular formula is C21H32N4S. The molecule has 4 rings (SSSR count). The first kappa shape index (κ1) is 18.2. The van der Waals surface area contributed by atoms with Gasteiger partial charge in [-0.1, -0.05) is 32.9 Å². The van der Waals surface area contributed by atoms with E-state index < -0.39 is 0 Å². The Morgan fingerprint density at radius 3 is 2.31 bits per heavy atom. The second kappa shape index (κ2) is 7.43. The molecule has 5 heteroatoms. The van der Waals surface area contributed by atoms with Crippen molar-refractivity contribution in [1.82, 2.24) is 14.1 Å². The number of rotatable bonds is 4. The Morgan fingerprint density at radius 1 is 1.00 bits per heavy atom. The summed E-state index contributed by atoms with van der Waals surface area (Å²) in [5.41, 5.74) is 1.60. The molecule has 142 valence electrons. The molecule has 26 heavy (non-hydrogen) atoms. The molecule has 1 saturated heterocycles. The molecule has 0 unspecified atom stereocenters. The van der Waals surface area contributed by atoms with E-state index in [1.54, 1.807) is 0 Å². The molecule has 3 aliphatic rings. The molecule has 0 spiro atoms. The van der Waals surface area contributed by atoms with Gasteiger partial charge in [-0.2, -0.15) is 0 Å². The van der Waals surface area contributed by atoms with E-state index in [-0.39, 0.29) is 5.41 Å². The highest BCUT2D eigenvalue weighted by atomic mass is 32.2. The van der Waals surface area contributed by atoms with Crippen molar-refractivity contribution in [2.45, 2.75) is 43.9 Å². The van der Waals surface area contributed by atoms with Gasteiger partial charge in [-0.25, -0.2) is 0 Å². The zero-order chi connectivity index (χ0) is 18.1. The number of piperazine rings is 1. The van der Waals surface area contributed by atoms with Gasteiger partial charge in [0, 0.05) is 37.6 Å². The minimum absolute atomic E-state index is 0.212. The van der Waals surface area contributed by atoms with Crippen LogP contribution in [0.15, 0.2) is 34.2 Å². The zero-order valence-electron chi connectivity index (χ0n) is 16.4. The van der Waals surface area contributed by atoms with E-state index in [2.05, 4.69) is 59.1 Å². The van der Waals surface area contributed by atoms with Gasteiger partial charge in [-0.15, -0.1) is 0 Å². The summed E-state index contributed by atoms with van der Waals surface area (Å²) < 4.78 is 2.39. The molecule has 1 aliphatic carbocycles. The minimum atomic E-state index is 0.212. The molecule has 2 aliphatic heterocycles. The molecule has 2 fully saturated rings. The summed E-state index contributed by atoms with van der Waals surface area (Å²) in [6.45, 7) is 14.7. The first-order valence-corrected chi connectivity index (χ1v) is 10.8. The number of hydrogen-bond acceptors (Lipinski definition) is 5. The summed E-state index contributed by atoms with van der Waals surface area (Å²) in [4.78, 5) is 11.3. The maximum Gasteiger partial charge on any atom is 0.207 e. The molecule has 0 bridgehead atoms. The molecule has 1 aromatic carbocycles. The van der Waals surface area contributed by atoms with Crippen LogP contribution in [0.3, 0.4) is 0 Å². The summed E-state index contributed by atoms with van der Waals surface area (Å²) in [5.74, 6) is 2.19. The number of hydrogen-bond donors (Lipinski definition) is 0. The van der Waals surface area contributed by atoms with Crippen LogP contribution < -0.4 is 0 Å². The third-order valence-electron chi connectivity index (χ3n) is 5.58. The normalized spacial score (nSPS) is 22.0. The second-order valence-electron chi connectivity index (χ2n) is 8.88. The van der Waals surface area contributed by atoms with Gasteiger partial charge in [-0.05, 0) is 53.8 Å². The second-order valence-corrected chi connectivity index (χ2v) is 9.98. The summed E-state index contributed by atoms with van der Waals surface area (Å²) in [7, 11) is 0. The molecule has 0 amide bonds. The minimum Gasteiger partial charge on any atom is -0.340 e. The molecule has 0 aromatic heterocycles. The molecular weight excluding hydrogens is 340 g/mol. The van der Waals surface area contributed by atoms with E-state index in [1.165, 1.54) is 48.9 Å². The number of guanidine groups is 1. The molecule has 0 N–H and O–H groups in total. The summed E-state index contributed by atoms with van der Waals surface area (Å²) in [5, 5.41) is 0. The molecule has 1 saturated carbocycles. The Hall–Kier alpha value is -1.20. The van der Waals surface area contributed by atoms with Crippen molar-refractivity contribution in [3.63, 3.8) is 0 Å². The Morgan fingerprint density at radius 2 is 1.69 bits per heavy atom. The van der Waals surface area contributed by atoms with Crippen molar-refractivity contribution >= 4 is 17.9 Å². The van der Waals surface area contributed by atoms with Crippen LogP contribution in [0.5, 0.6) is 0 Å². The van der Waals surface area contributed by atoms with Gasteiger partial charge in [0.15, 0.2) is 0 Å². The summed E-state index contributed by atoms with van der Waals surface area (Å²) in [6, 6.07) is 9.06. The van der Waals surface area contributed by atoms with Gasteiger partial charge in [-0.3, -0.25) is 14.2 Å². The lowest BCUT2D eigenvalue weighted by Gasteiger charge is -2.37. The topological polar surface area (TPSA) is 22.1 Å². The highest BCUT2D eigenvalue weighted by Crippen LogP contribution is 2.31. The van der Waals surface area contributed by atoms with E-state index in [9.17, 15) is 0 Å². The zero-order valence-corrected chi connectivity index (χ0v) is 17.3. The van der Waals surface area contributed by atoms with Gasteiger partial charge in [0.1, 0.15) is 0 Å². The predicted molar refractivity (Wildman–Crippen MR) is 111 cm³/mol. The van der Waals surface area contributed by atoms with Crippen molar-refractivity contribution in [3.05, 3.63) is 29.8 Å². The predicted octanol–water partition coefficient (Wildman–Crippen LogP) is 3.69. The highest BCUT2D eigenvalue weighted by molar-refractivity contribution is 7.97. The van der Waals surface area contributed by atoms with Crippen LogP contribution in [0.2, 0.25) is 0 Å². The quantitative estimate of drug-likeness (QED) is 0.752. The standard InChI is InChI=1S/C21H32N4S/c1-21(2,3)18-6-8-19(9-7-18)26-25-11-10-22-20(25)24-14-12-23(13-15-24)16-17-4-5-17/h6-9,17H,4-5,10-16H2,1-3H3. The highest BCUT2D eigenvalue weighted by Gasteiger charge is 2.30. The van der Waals surface area contributed by atoms with Crippen molar-refractivity contribution in [3.8, 4) is 0 Å². The van der Waals surface area contributed by atoms with Crippen molar-refractivity contribution in [1.29, 1.82) is 0 Å². The van der Waals surface area contributed by atoms with Crippen molar-refractivity contribution in [2.75, 3.05) is 45.8 Å². The van der Waals surface area contributed by atoms with Crippen LogP contribution in [-0.4, -0.2) is 65.9 Å². The lowest BCUT2D eigenvalue weighted by atomic mass is 9.87. The number of benzene rings is 1. The molecule has 0 radical (unpaired) electrons. The molecule has 0 atom stereocenters. The maximum atomic E-state index is 4.82. The Kier molecular flexibility index (Phi) is 5.20. The van der Waals surface area contributed by atoms with Gasteiger partial charge >= 0.3 is 0 Å². The third-order valence-corrected chi connectivity index (χ3v) is 6.63. The fourth-order valence-electron chi connectivity index (χ4n) is 3.70. The Labute approximate surface area is 162 Å². The van der Waals surface area contributed by atoms with E-state index in [0.29, 0.717) is 0 Å². The third kappa shape index (κ3) is 4.37. The maximum absolute atomic E-state index is 4.82. The van der Waals surface area contributed by atoms with E-state index in [1.807, 2.05) is 11.9 Å². The lowest BCUT2D eigenvalue weighted by molar-refractivity contribution is 0.171. The Bertz CT molecular complexity index is 637. The largest absolute Gasteiger partial charge is 0.340 e. The van der Waals surface area contributed by atoms with Gasteiger partial charge in [0.05, 0.1) is 13.1 Å². The van der Waals surface area contributed by atoms with Crippen molar-refractivity contribution in [2.24, 2.45) is 10.9 Å². The number of nitrogens with zero attached hydrogens (tertiary/aromatic N) is 4. The molecule has 2 heterocycles. The summed E-state index contributed by atoms with van der Waals surface area (Å²) in [6.07, 6.45) is 2.90. The van der Waals surface area contributed by atoms with Crippen LogP contribution in [0.25, 0.3) is 0 Å². The van der Waals surface area contributed by atoms with Gasteiger partial charge in [0.2, 0.25) is 5.96 Å². The SMILES string of the molecule is CC(C)(C)c1ccc(SN2CCN=C2N2CCN(CC3CC3)CC2)cc1. The average molecular weight is 373 g/mol. The smallest absolute Gasteiger partial charge is 0.207 e. The van der Waals surface area contributed by atoms with Crippen molar-refractivity contribution < 1.29 is 0 Å². The summed E-state index contributed by atoms with van der Waals surface area (Å²) >= 11 is 1.84. The van der Waals surface area contributed by atoms with Crippen LogP contribution in [0, 0.1) is 5.92 Å². The average Bonchev–Trinajstić information content (AvgIpc) is 3.31. The fourth-order valence-corrected chi connectivity index (χ4v) is 4.64. The van der Waals surface area contributed by atoms with E-state index >= 15 is 0 Å².